The van der Waals surface area contributed by atoms with Gasteiger partial charge in [0.1, 0.15) is 0 Å². The van der Waals surface area contributed by atoms with Gasteiger partial charge in [0.05, 0.1) is 6.10 Å². The van der Waals surface area contributed by atoms with Crippen molar-refractivity contribution in [1.82, 2.24) is 15.5 Å². The van der Waals surface area contributed by atoms with Crippen molar-refractivity contribution in [2.45, 2.75) is 45.0 Å². The Kier molecular flexibility index (Phi) is 6.05. The fourth-order valence-corrected chi connectivity index (χ4v) is 4.10. The Morgan fingerprint density at radius 2 is 1.89 bits per heavy atom. The van der Waals surface area contributed by atoms with Crippen molar-refractivity contribution >= 4 is 5.91 Å². The van der Waals surface area contributed by atoms with E-state index in [-0.39, 0.29) is 12.0 Å². The number of amides is 1. The van der Waals surface area contributed by atoms with Gasteiger partial charge in [-0.25, -0.2) is 0 Å². The van der Waals surface area contributed by atoms with E-state index in [4.69, 9.17) is 0 Å². The van der Waals surface area contributed by atoms with Crippen molar-refractivity contribution < 1.29 is 9.90 Å². The SMILES string of the molecule is O=C(NCc1ccccc1CN1CCC(O)CC1)c1ccc2c(c1)CNCC2. The average Bonchev–Trinajstić information content (AvgIpc) is 2.74. The molecule has 1 amide bonds. The van der Waals surface area contributed by atoms with Gasteiger partial charge in [-0.3, -0.25) is 9.69 Å². The van der Waals surface area contributed by atoms with E-state index in [0.717, 1.165) is 63.1 Å². The van der Waals surface area contributed by atoms with Crippen LogP contribution in [0.2, 0.25) is 0 Å². The molecule has 0 saturated carbocycles. The second-order valence-electron chi connectivity index (χ2n) is 7.87. The Balaban J connectivity index is 1.39. The summed E-state index contributed by atoms with van der Waals surface area (Å²) in [6.45, 7) is 5.08. The van der Waals surface area contributed by atoms with E-state index in [1.807, 2.05) is 18.2 Å². The minimum atomic E-state index is -0.155. The number of hydrogen-bond donors (Lipinski definition) is 3. The first-order valence-corrected chi connectivity index (χ1v) is 10.3. The fraction of sp³-hybridized carbons (Fsp3) is 0.435. The smallest absolute Gasteiger partial charge is 0.251 e. The van der Waals surface area contributed by atoms with Crippen molar-refractivity contribution in [3.05, 3.63) is 70.3 Å². The minimum Gasteiger partial charge on any atom is -0.393 e. The number of piperidine rings is 1. The topological polar surface area (TPSA) is 64.6 Å². The normalized spacial score (nSPS) is 17.9. The van der Waals surface area contributed by atoms with Crippen LogP contribution in [0.1, 0.15) is 45.5 Å². The number of aliphatic hydroxyl groups is 1. The highest BCUT2D eigenvalue weighted by Crippen LogP contribution is 2.18. The van der Waals surface area contributed by atoms with Crippen molar-refractivity contribution in [2.75, 3.05) is 19.6 Å². The molecule has 0 spiro atoms. The minimum absolute atomic E-state index is 0.0238. The Morgan fingerprint density at radius 3 is 2.71 bits per heavy atom. The van der Waals surface area contributed by atoms with E-state index in [2.05, 4.69) is 39.8 Å². The molecule has 1 fully saturated rings. The van der Waals surface area contributed by atoms with Crippen LogP contribution in [0.4, 0.5) is 0 Å². The van der Waals surface area contributed by atoms with Gasteiger partial charge < -0.3 is 15.7 Å². The molecule has 0 bridgehead atoms. The van der Waals surface area contributed by atoms with Gasteiger partial charge in [-0.05, 0) is 60.2 Å². The monoisotopic (exact) mass is 379 g/mol. The van der Waals surface area contributed by atoms with Gasteiger partial charge >= 0.3 is 0 Å². The number of carbonyl (C=O) groups excluding carboxylic acids is 1. The first-order valence-electron chi connectivity index (χ1n) is 10.3. The predicted octanol–water partition coefficient (Wildman–Crippen LogP) is 2.22. The summed E-state index contributed by atoms with van der Waals surface area (Å²) in [6.07, 6.45) is 2.55. The molecular formula is C23H29N3O2. The molecule has 0 aliphatic carbocycles. The molecule has 2 aromatic carbocycles. The number of benzene rings is 2. The average molecular weight is 380 g/mol. The van der Waals surface area contributed by atoms with Crippen molar-refractivity contribution in [2.24, 2.45) is 0 Å². The summed E-state index contributed by atoms with van der Waals surface area (Å²) in [5.74, 6) is -0.0238. The largest absolute Gasteiger partial charge is 0.393 e. The highest BCUT2D eigenvalue weighted by molar-refractivity contribution is 5.94. The molecule has 0 atom stereocenters. The molecule has 3 N–H and O–H groups in total. The molecule has 1 saturated heterocycles. The van der Waals surface area contributed by atoms with Crippen LogP contribution in [0.5, 0.6) is 0 Å². The number of nitrogens with zero attached hydrogens (tertiary/aromatic N) is 1. The van der Waals surface area contributed by atoms with Crippen molar-refractivity contribution in [3.63, 3.8) is 0 Å². The number of hydrogen-bond acceptors (Lipinski definition) is 4. The Morgan fingerprint density at radius 1 is 1.11 bits per heavy atom. The maximum absolute atomic E-state index is 12.7. The third-order valence-electron chi connectivity index (χ3n) is 5.86. The summed E-state index contributed by atoms with van der Waals surface area (Å²) >= 11 is 0. The van der Waals surface area contributed by atoms with Gasteiger partial charge in [0.25, 0.3) is 5.91 Å². The number of nitrogens with one attached hydrogen (secondary N) is 2. The lowest BCUT2D eigenvalue weighted by Gasteiger charge is -2.30. The van der Waals surface area contributed by atoms with Crippen molar-refractivity contribution in [1.29, 1.82) is 0 Å². The van der Waals surface area contributed by atoms with E-state index in [9.17, 15) is 9.90 Å². The van der Waals surface area contributed by atoms with Gasteiger partial charge in [0.15, 0.2) is 0 Å². The van der Waals surface area contributed by atoms with Crippen LogP contribution in [0.15, 0.2) is 42.5 Å². The Labute approximate surface area is 166 Å². The lowest BCUT2D eigenvalue weighted by molar-refractivity contribution is 0.0790. The number of aliphatic hydroxyl groups excluding tert-OH is 1. The number of carbonyl (C=O) groups is 1. The zero-order chi connectivity index (χ0) is 19.3. The number of fused-ring (bicyclic) bond motifs is 1. The van der Waals surface area contributed by atoms with Crippen LogP contribution in [-0.2, 0) is 26.1 Å². The van der Waals surface area contributed by atoms with E-state index in [0.29, 0.717) is 6.54 Å². The Bertz CT molecular complexity index is 828. The molecule has 2 aliphatic rings. The third-order valence-corrected chi connectivity index (χ3v) is 5.86. The maximum Gasteiger partial charge on any atom is 0.251 e. The summed E-state index contributed by atoms with van der Waals surface area (Å²) in [6, 6.07) is 14.3. The van der Waals surface area contributed by atoms with Crippen LogP contribution in [0.3, 0.4) is 0 Å². The first-order chi connectivity index (χ1) is 13.7. The molecular weight excluding hydrogens is 350 g/mol. The van der Waals surface area contributed by atoms with Crippen LogP contribution < -0.4 is 10.6 Å². The van der Waals surface area contributed by atoms with E-state index >= 15 is 0 Å². The number of likely N-dealkylation sites (tertiary alicyclic amines) is 1. The molecule has 5 heteroatoms. The molecule has 0 unspecified atom stereocenters. The fourth-order valence-electron chi connectivity index (χ4n) is 4.10. The van der Waals surface area contributed by atoms with Crippen LogP contribution in [-0.4, -0.2) is 41.7 Å². The molecule has 5 nitrogen and oxygen atoms in total. The van der Waals surface area contributed by atoms with Gasteiger partial charge in [0, 0.05) is 38.3 Å². The van der Waals surface area contributed by atoms with Crippen LogP contribution in [0, 0.1) is 0 Å². The summed E-state index contributed by atoms with van der Waals surface area (Å²) in [5.41, 5.74) is 5.69. The predicted molar refractivity (Wildman–Crippen MR) is 110 cm³/mol. The Hall–Kier alpha value is -2.21. The second-order valence-corrected chi connectivity index (χ2v) is 7.87. The molecule has 28 heavy (non-hydrogen) atoms. The summed E-state index contributed by atoms with van der Waals surface area (Å²) < 4.78 is 0. The van der Waals surface area contributed by atoms with Crippen LogP contribution >= 0.6 is 0 Å². The van der Waals surface area contributed by atoms with Gasteiger partial charge in [-0.15, -0.1) is 0 Å². The molecule has 2 aromatic rings. The van der Waals surface area contributed by atoms with Crippen LogP contribution in [0.25, 0.3) is 0 Å². The second kappa shape index (κ2) is 8.86. The van der Waals surface area contributed by atoms with Crippen molar-refractivity contribution in [3.8, 4) is 0 Å². The molecule has 0 aromatic heterocycles. The van der Waals surface area contributed by atoms with Gasteiger partial charge in [-0.2, -0.15) is 0 Å². The van der Waals surface area contributed by atoms with E-state index < -0.39 is 0 Å². The molecule has 148 valence electrons. The highest BCUT2D eigenvalue weighted by atomic mass is 16.3. The van der Waals surface area contributed by atoms with E-state index in [1.165, 1.54) is 16.7 Å². The maximum atomic E-state index is 12.7. The highest BCUT2D eigenvalue weighted by Gasteiger charge is 2.18. The standard InChI is InChI=1S/C23H29N3O2/c27-22-8-11-26(12-9-22)16-20-4-2-1-3-19(20)15-25-23(28)18-6-5-17-7-10-24-14-21(17)13-18/h1-6,13,22,24,27H,7-12,14-16H2,(H,25,28). The first kappa shape index (κ1) is 19.1. The van der Waals surface area contributed by atoms with E-state index in [1.54, 1.807) is 0 Å². The zero-order valence-corrected chi connectivity index (χ0v) is 16.3. The molecule has 2 heterocycles. The lowest BCUT2D eigenvalue weighted by Crippen LogP contribution is -2.35. The zero-order valence-electron chi connectivity index (χ0n) is 16.3. The van der Waals surface area contributed by atoms with Gasteiger partial charge in [-0.1, -0.05) is 30.3 Å². The number of rotatable bonds is 5. The molecule has 4 rings (SSSR count). The lowest BCUT2D eigenvalue weighted by atomic mass is 9.98. The summed E-state index contributed by atoms with van der Waals surface area (Å²) in [5, 5.41) is 16.1. The summed E-state index contributed by atoms with van der Waals surface area (Å²) in [7, 11) is 0. The molecule has 0 radical (unpaired) electrons. The summed E-state index contributed by atoms with van der Waals surface area (Å²) in [4.78, 5) is 15.1. The molecule has 2 aliphatic heterocycles. The van der Waals surface area contributed by atoms with Gasteiger partial charge in [0.2, 0.25) is 0 Å². The quantitative estimate of drug-likeness (QED) is 0.745. The third kappa shape index (κ3) is 4.61.